The smallest absolute Gasteiger partial charge is 0.258 e. The summed E-state index contributed by atoms with van der Waals surface area (Å²) in [5.74, 6) is 0.738. The summed E-state index contributed by atoms with van der Waals surface area (Å²) in [6, 6.07) is 10.4. The van der Waals surface area contributed by atoms with E-state index in [-0.39, 0.29) is 12.2 Å². The highest BCUT2D eigenvalue weighted by Crippen LogP contribution is 2.41. The minimum absolute atomic E-state index is 0.123. The van der Waals surface area contributed by atoms with Gasteiger partial charge in [0.25, 0.3) is 5.56 Å². The van der Waals surface area contributed by atoms with Crippen LogP contribution in [0.2, 0.25) is 0 Å². The van der Waals surface area contributed by atoms with E-state index >= 15 is 0 Å². The minimum Gasteiger partial charge on any atom is -0.490 e. The first kappa shape index (κ1) is 18.1. The largest absolute Gasteiger partial charge is 0.490 e. The molecule has 2 aliphatic rings. The molecule has 5 heteroatoms. The number of benzene rings is 1. The quantitative estimate of drug-likeness (QED) is 0.559. The van der Waals surface area contributed by atoms with Crippen molar-refractivity contribution in [3.05, 3.63) is 75.3 Å². The van der Waals surface area contributed by atoms with Gasteiger partial charge in [-0.25, -0.2) is 4.98 Å². The number of aromatic nitrogens is 2. The van der Waals surface area contributed by atoms with Crippen molar-refractivity contribution < 1.29 is 9.84 Å². The van der Waals surface area contributed by atoms with Crippen molar-refractivity contribution in [1.82, 2.24) is 9.55 Å². The standard InChI is InChI=1S/C24H24N2O3/c1-5-24(28)14(4)29-12-18-19(24)10-21-22-17(11-26(21)23(18)27)9-16-8-15(13(2)3)6-7-20(16)25-22/h6-10,13,28H,4-5,11-12H2,1-3H3/t24-/m1/s1. The number of nitrogens with zero attached hydrogens (tertiary/aromatic N) is 2. The topological polar surface area (TPSA) is 64.4 Å². The van der Waals surface area contributed by atoms with Crippen LogP contribution in [0, 0.1) is 0 Å². The van der Waals surface area contributed by atoms with Crippen LogP contribution in [0.1, 0.15) is 55.4 Å². The lowest BCUT2D eigenvalue weighted by molar-refractivity contribution is -0.0172. The second-order valence-electron chi connectivity index (χ2n) is 8.34. The first-order chi connectivity index (χ1) is 13.8. The summed E-state index contributed by atoms with van der Waals surface area (Å²) in [7, 11) is 0. The Kier molecular flexibility index (Phi) is 3.77. The average molecular weight is 388 g/mol. The van der Waals surface area contributed by atoms with Gasteiger partial charge in [0.15, 0.2) is 0 Å². The molecule has 3 aromatic rings. The van der Waals surface area contributed by atoms with Gasteiger partial charge in [-0.05, 0) is 42.2 Å². The summed E-state index contributed by atoms with van der Waals surface area (Å²) in [4.78, 5) is 18.1. The summed E-state index contributed by atoms with van der Waals surface area (Å²) in [5, 5.41) is 12.3. The summed E-state index contributed by atoms with van der Waals surface area (Å²) < 4.78 is 7.30. The Morgan fingerprint density at radius 1 is 1.31 bits per heavy atom. The molecule has 4 heterocycles. The predicted molar refractivity (Wildman–Crippen MR) is 113 cm³/mol. The predicted octanol–water partition coefficient (Wildman–Crippen LogP) is 4.19. The van der Waals surface area contributed by atoms with E-state index in [1.165, 1.54) is 5.56 Å². The lowest BCUT2D eigenvalue weighted by Gasteiger charge is -2.35. The Balaban J connectivity index is 1.74. The third kappa shape index (κ3) is 2.43. The number of rotatable bonds is 2. The molecular formula is C24H24N2O3. The number of fused-ring (bicyclic) bond motifs is 5. The molecule has 0 spiro atoms. The van der Waals surface area contributed by atoms with Crippen LogP contribution in [-0.2, 0) is 23.5 Å². The van der Waals surface area contributed by atoms with Crippen LogP contribution in [0.15, 0.2) is 47.5 Å². The van der Waals surface area contributed by atoms with Gasteiger partial charge in [0.05, 0.1) is 29.0 Å². The lowest BCUT2D eigenvalue weighted by Crippen LogP contribution is -2.38. The Morgan fingerprint density at radius 3 is 2.83 bits per heavy atom. The second kappa shape index (κ2) is 6.04. The molecule has 1 N–H and O–H groups in total. The third-order valence-corrected chi connectivity index (χ3v) is 6.37. The highest BCUT2D eigenvalue weighted by Gasteiger charge is 2.41. The third-order valence-electron chi connectivity index (χ3n) is 6.37. The zero-order chi connectivity index (χ0) is 20.5. The van der Waals surface area contributed by atoms with Gasteiger partial charge < -0.3 is 14.4 Å². The SMILES string of the molecule is C=C1OCc2c(cc3n(c2=O)Cc2cc4cc(C(C)C)ccc4nc2-3)[C@@]1(O)CC. The molecule has 0 radical (unpaired) electrons. The lowest BCUT2D eigenvalue weighted by atomic mass is 9.84. The van der Waals surface area contributed by atoms with Crippen LogP contribution in [0.25, 0.3) is 22.3 Å². The van der Waals surface area contributed by atoms with Gasteiger partial charge in [-0.1, -0.05) is 33.4 Å². The number of aliphatic hydroxyl groups is 1. The Bertz CT molecular complexity index is 1260. The Labute approximate surface area is 169 Å². The molecule has 2 aromatic heterocycles. The van der Waals surface area contributed by atoms with Crippen LogP contribution in [0.5, 0.6) is 0 Å². The van der Waals surface area contributed by atoms with E-state index < -0.39 is 5.60 Å². The number of hydrogen-bond donors (Lipinski definition) is 1. The summed E-state index contributed by atoms with van der Waals surface area (Å²) >= 11 is 0. The first-order valence-corrected chi connectivity index (χ1v) is 10.1. The molecule has 0 amide bonds. The molecule has 0 saturated carbocycles. The van der Waals surface area contributed by atoms with Crippen molar-refractivity contribution in [3.8, 4) is 11.4 Å². The van der Waals surface area contributed by atoms with Crippen LogP contribution in [0.3, 0.4) is 0 Å². The molecule has 5 nitrogen and oxygen atoms in total. The van der Waals surface area contributed by atoms with E-state index in [0.717, 1.165) is 27.9 Å². The fourth-order valence-electron chi connectivity index (χ4n) is 4.48. The van der Waals surface area contributed by atoms with E-state index in [2.05, 4.69) is 38.6 Å². The van der Waals surface area contributed by atoms with E-state index in [9.17, 15) is 9.90 Å². The molecule has 0 fully saturated rings. The Morgan fingerprint density at radius 2 is 2.10 bits per heavy atom. The van der Waals surface area contributed by atoms with Crippen molar-refractivity contribution in [2.24, 2.45) is 0 Å². The molecule has 0 bridgehead atoms. The molecule has 1 aromatic carbocycles. The summed E-state index contributed by atoms with van der Waals surface area (Å²) in [5.41, 5.74) is 4.39. The zero-order valence-corrected chi connectivity index (χ0v) is 17.0. The normalized spacial score (nSPS) is 19.8. The number of hydrogen-bond acceptors (Lipinski definition) is 4. The molecule has 2 aliphatic heterocycles. The molecule has 148 valence electrons. The van der Waals surface area contributed by atoms with Gasteiger partial charge in [0.1, 0.15) is 18.0 Å². The van der Waals surface area contributed by atoms with Crippen molar-refractivity contribution in [3.63, 3.8) is 0 Å². The molecule has 0 unspecified atom stereocenters. The van der Waals surface area contributed by atoms with Crippen molar-refractivity contribution in [2.45, 2.75) is 51.9 Å². The van der Waals surface area contributed by atoms with E-state index in [4.69, 9.17) is 9.72 Å². The van der Waals surface area contributed by atoms with Gasteiger partial charge in [-0.2, -0.15) is 0 Å². The maximum atomic E-state index is 13.2. The van der Waals surface area contributed by atoms with Gasteiger partial charge >= 0.3 is 0 Å². The van der Waals surface area contributed by atoms with Gasteiger partial charge in [0.2, 0.25) is 0 Å². The molecule has 29 heavy (non-hydrogen) atoms. The maximum absolute atomic E-state index is 13.2. The van der Waals surface area contributed by atoms with E-state index in [0.29, 0.717) is 35.8 Å². The monoisotopic (exact) mass is 388 g/mol. The van der Waals surface area contributed by atoms with Crippen LogP contribution in [-0.4, -0.2) is 14.7 Å². The van der Waals surface area contributed by atoms with Gasteiger partial charge in [-0.15, -0.1) is 0 Å². The first-order valence-electron chi connectivity index (χ1n) is 10.1. The molecular weight excluding hydrogens is 364 g/mol. The molecule has 0 aliphatic carbocycles. The van der Waals surface area contributed by atoms with Gasteiger partial charge in [-0.3, -0.25) is 4.79 Å². The zero-order valence-electron chi connectivity index (χ0n) is 17.0. The Hall–Kier alpha value is -2.92. The summed E-state index contributed by atoms with van der Waals surface area (Å²) in [6.45, 7) is 10.7. The van der Waals surface area contributed by atoms with E-state index in [1.54, 1.807) is 4.57 Å². The fraction of sp³-hybridized carbons (Fsp3) is 0.333. The molecule has 5 rings (SSSR count). The maximum Gasteiger partial charge on any atom is 0.258 e. The molecule has 0 saturated heterocycles. The van der Waals surface area contributed by atoms with Crippen LogP contribution >= 0.6 is 0 Å². The summed E-state index contributed by atoms with van der Waals surface area (Å²) in [6.07, 6.45) is 0.387. The van der Waals surface area contributed by atoms with Crippen molar-refractivity contribution in [1.29, 1.82) is 0 Å². The van der Waals surface area contributed by atoms with Crippen molar-refractivity contribution >= 4 is 10.9 Å². The van der Waals surface area contributed by atoms with Crippen LogP contribution < -0.4 is 5.56 Å². The van der Waals surface area contributed by atoms with Gasteiger partial charge in [0, 0.05) is 16.5 Å². The fourth-order valence-corrected chi connectivity index (χ4v) is 4.48. The minimum atomic E-state index is -1.35. The van der Waals surface area contributed by atoms with E-state index in [1.807, 2.05) is 19.1 Å². The highest BCUT2D eigenvalue weighted by atomic mass is 16.5. The van der Waals surface area contributed by atoms with Crippen molar-refractivity contribution in [2.75, 3.05) is 0 Å². The second-order valence-corrected chi connectivity index (χ2v) is 8.34. The number of ether oxygens (including phenoxy) is 1. The van der Waals surface area contributed by atoms with Crippen LogP contribution in [0.4, 0.5) is 0 Å². The molecule has 1 atom stereocenters. The average Bonchev–Trinajstić information content (AvgIpc) is 3.07. The highest BCUT2D eigenvalue weighted by molar-refractivity contribution is 5.84. The number of pyridine rings is 2.